The van der Waals surface area contributed by atoms with Crippen LogP contribution in [0.15, 0.2) is 36.7 Å². The molecule has 2 fully saturated rings. The topological polar surface area (TPSA) is 113 Å². The summed E-state index contributed by atoms with van der Waals surface area (Å²) in [6, 6.07) is 7.58. The van der Waals surface area contributed by atoms with Gasteiger partial charge in [0.05, 0.1) is 18.7 Å². The SMILES string of the molecule is O=C(O)C[C@@]1(c2ccc(C(=O)NC3CCCCC3)c(OCCc3cccnc3)n2)CCCNC1. The fourth-order valence-corrected chi connectivity index (χ4v) is 5.06. The van der Waals surface area contributed by atoms with Crippen molar-refractivity contribution in [2.24, 2.45) is 0 Å². The molecule has 2 aromatic rings. The zero-order valence-corrected chi connectivity index (χ0v) is 19.6. The number of carboxylic acid groups (broad SMARTS) is 1. The molecule has 0 spiro atoms. The maximum Gasteiger partial charge on any atom is 0.304 e. The molecule has 0 unspecified atom stereocenters. The number of hydrogen-bond acceptors (Lipinski definition) is 6. The van der Waals surface area contributed by atoms with Gasteiger partial charge >= 0.3 is 5.97 Å². The number of ether oxygens (including phenoxy) is 1. The highest BCUT2D eigenvalue weighted by Gasteiger charge is 2.38. The number of pyridine rings is 2. The summed E-state index contributed by atoms with van der Waals surface area (Å²) in [7, 11) is 0. The maximum atomic E-state index is 13.2. The van der Waals surface area contributed by atoms with Crippen molar-refractivity contribution in [2.75, 3.05) is 19.7 Å². The van der Waals surface area contributed by atoms with Crippen molar-refractivity contribution in [1.82, 2.24) is 20.6 Å². The number of rotatable bonds is 9. The van der Waals surface area contributed by atoms with Crippen LogP contribution in [0.5, 0.6) is 5.88 Å². The summed E-state index contributed by atoms with van der Waals surface area (Å²) in [6.07, 6.45) is 11.2. The minimum absolute atomic E-state index is 0.0181. The molecular formula is C26H34N4O4. The Bertz CT molecular complexity index is 970. The predicted octanol–water partition coefficient (Wildman–Crippen LogP) is 3.26. The van der Waals surface area contributed by atoms with Crippen LogP contribution in [-0.4, -0.2) is 52.7 Å². The van der Waals surface area contributed by atoms with Gasteiger partial charge < -0.3 is 20.5 Å². The first-order valence-electron chi connectivity index (χ1n) is 12.3. The number of aromatic nitrogens is 2. The van der Waals surface area contributed by atoms with Crippen LogP contribution in [0.3, 0.4) is 0 Å². The number of carboxylic acids is 1. The number of nitrogens with zero attached hydrogens (tertiary/aromatic N) is 2. The number of amides is 1. The maximum absolute atomic E-state index is 13.2. The zero-order valence-electron chi connectivity index (χ0n) is 19.6. The molecule has 1 saturated carbocycles. The highest BCUT2D eigenvalue weighted by Crippen LogP contribution is 2.35. The first kappa shape index (κ1) is 24.1. The molecule has 0 radical (unpaired) electrons. The number of piperidine rings is 1. The third-order valence-electron chi connectivity index (χ3n) is 6.90. The first-order chi connectivity index (χ1) is 16.6. The van der Waals surface area contributed by atoms with Gasteiger partial charge in [0.1, 0.15) is 5.56 Å². The number of carbonyl (C=O) groups is 2. The quantitative estimate of drug-likeness (QED) is 0.520. The lowest BCUT2D eigenvalue weighted by atomic mass is 9.74. The Morgan fingerprint density at radius 1 is 1.18 bits per heavy atom. The molecule has 0 bridgehead atoms. The van der Waals surface area contributed by atoms with Gasteiger partial charge in [-0.3, -0.25) is 14.6 Å². The molecule has 2 aromatic heterocycles. The summed E-state index contributed by atoms with van der Waals surface area (Å²) in [6.45, 7) is 1.74. The van der Waals surface area contributed by atoms with E-state index < -0.39 is 11.4 Å². The van der Waals surface area contributed by atoms with Gasteiger partial charge in [-0.15, -0.1) is 0 Å². The van der Waals surface area contributed by atoms with E-state index in [0.29, 0.717) is 30.8 Å². The van der Waals surface area contributed by atoms with Crippen LogP contribution in [0.2, 0.25) is 0 Å². The van der Waals surface area contributed by atoms with Crippen LogP contribution in [0.4, 0.5) is 0 Å². The Morgan fingerprint density at radius 3 is 2.74 bits per heavy atom. The smallest absolute Gasteiger partial charge is 0.304 e. The van der Waals surface area contributed by atoms with E-state index in [2.05, 4.69) is 15.6 Å². The molecule has 0 aromatic carbocycles. The summed E-state index contributed by atoms with van der Waals surface area (Å²) in [5, 5.41) is 16.1. The summed E-state index contributed by atoms with van der Waals surface area (Å²) in [5.41, 5.74) is 1.47. The van der Waals surface area contributed by atoms with E-state index in [0.717, 1.165) is 50.6 Å². The summed E-state index contributed by atoms with van der Waals surface area (Å²) in [5.74, 6) is -0.773. The molecule has 1 saturated heterocycles. The molecular weight excluding hydrogens is 432 g/mol. The monoisotopic (exact) mass is 466 g/mol. The molecule has 1 aliphatic heterocycles. The van der Waals surface area contributed by atoms with Crippen LogP contribution in [0.25, 0.3) is 0 Å². The summed E-state index contributed by atoms with van der Waals surface area (Å²) in [4.78, 5) is 33.8. The van der Waals surface area contributed by atoms with Gasteiger partial charge in [-0.25, -0.2) is 4.98 Å². The van der Waals surface area contributed by atoms with Crippen molar-refractivity contribution >= 4 is 11.9 Å². The van der Waals surface area contributed by atoms with Crippen LogP contribution < -0.4 is 15.4 Å². The molecule has 34 heavy (non-hydrogen) atoms. The van der Waals surface area contributed by atoms with Gasteiger partial charge in [0.15, 0.2) is 0 Å². The fourth-order valence-electron chi connectivity index (χ4n) is 5.06. The van der Waals surface area contributed by atoms with Crippen molar-refractivity contribution in [1.29, 1.82) is 0 Å². The molecule has 4 rings (SSSR count). The summed E-state index contributed by atoms with van der Waals surface area (Å²) < 4.78 is 6.07. The van der Waals surface area contributed by atoms with Crippen molar-refractivity contribution < 1.29 is 19.4 Å². The first-order valence-corrected chi connectivity index (χ1v) is 12.3. The van der Waals surface area contributed by atoms with E-state index in [1.54, 1.807) is 24.5 Å². The number of hydrogen-bond donors (Lipinski definition) is 3. The summed E-state index contributed by atoms with van der Waals surface area (Å²) >= 11 is 0. The van der Waals surface area contributed by atoms with Gasteiger partial charge in [-0.05, 0) is 56.0 Å². The predicted molar refractivity (Wildman–Crippen MR) is 128 cm³/mol. The second-order valence-corrected chi connectivity index (χ2v) is 9.45. The molecule has 182 valence electrons. The second kappa shape index (κ2) is 11.4. The standard InChI is InChI=1S/C26H34N4O4/c31-23(32)16-26(12-5-14-28-18-26)22-10-9-21(24(33)29-20-7-2-1-3-8-20)25(30-22)34-15-11-19-6-4-13-27-17-19/h4,6,9-10,13,17,20,28H,1-3,5,7-8,11-12,14-16,18H2,(H,29,33)(H,31,32)/t26-/m0/s1. The van der Waals surface area contributed by atoms with Gasteiger partial charge in [-0.1, -0.05) is 25.3 Å². The van der Waals surface area contributed by atoms with E-state index in [-0.39, 0.29) is 24.2 Å². The molecule has 3 N–H and O–H groups in total. The third-order valence-corrected chi connectivity index (χ3v) is 6.90. The van der Waals surface area contributed by atoms with E-state index in [4.69, 9.17) is 9.72 Å². The normalized spacial score (nSPS) is 21.1. The average Bonchev–Trinajstić information content (AvgIpc) is 2.85. The lowest BCUT2D eigenvalue weighted by Gasteiger charge is -2.36. The average molecular weight is 467 g/mol. The van der Waals surface area contributed by atoms with Gasteiger partial charge in [0.25, 0.3) is 5.91 Å². The minimum Gasteiger partial charge on any atom is -0.481 e. The number of aliphatic carboxylic acids is 1. The van der Waals surface area contributed by atoms with Gasteiger partial charge in [0.2, 0.25) is 5.88 Å². The Hall–Kier alpha value is -3.00. The Labute approximate surface area is 200 Å². The Balaban J connectivity index is 1.58. The van der Waals surface area contributed by atoms with Gasteiger partial charge in [-0.2, -0.15) is 0 Å². The molecule has 1 atom stereocenters. The largest absolute Gasteiger partial charge is 0.481 e. The highest BCUT2D eigenvalue weighted by molar-refractivity contribution is 5.96. The van der Waals surface area contributed by atoms with E-state index in [1.807, 2.05) is 12.1 Å². The molecule has 8 heteroatoms. The van der Waals surface area contributed by atoms with Crippen LogP contribution in [0.1, 0.15) is 73.0 Å². The lowest BCUT2D eigenvalue weighted by Crippen LogP contribution is -2.45. The highest BCUT2D eigenvalue weighted by atomic mass is 16.5. The number of nitrogens with one attached hydrogen (secondary N) is 2. The van der Waals surface area contributed by atoms with Crippen molar-refractivity contribution in [3.05, 3.63) is 53.5 Å². The zero-order chi connectivity index (χ0) is 23.8. The Kier molecular flexibility index (Phi) is 8.11. The van der Waals surface area contributed by atoms with Crippen molar-refractivity contribution in [3.8, 4) is 5.88 Å². The van der Waals surface area contributed by atoms with Gasteiger partial charge in [0, 0.05) is 36.8 Å². The van der Waals surface area contributed by atoms with E-state index in [9.17, 15) is 14.7 Å². The van der Waals surface area contributed by atoms with Crippen LogP contribution in [0, 0.1) is 0 Å². The molecule has 2 aliphatic rings. The van der Waals surface area contributed by atoms with Crippen molar-refractivity contribution in [3.63, 3.8) is 0 Å². The molecule has 3 heterocycles. The lowest BCUT2D eigenvalue weighted by molar-refractivity contribution is -0.138. The molecule has 1 amide bonds. The second-order valence-electron chi connectivity index (χ2n) is 9.45. The van der Waals surface area contributed by atoms with E-state index >= 15 is 0 Å². The number of carbonyl (C=O) groups excluding carboxylic acids is 1. The fraction of sp³-hybridized carbons (Fsp3) is 0.538. The molecule has 8 nitrogen and oxygen atoms in total. The molecule has 1 aliphatic carbocycles. The van der Waals surface area contributed by atoms with Crippen LogP contribution >= 0.6 is 0 Å². The minimum atomic E-state index is -0.858. The third kappa shape index (κ3) is 6.11. The van der Waals surface area contributed by atoms with Crippen molar-refractivity contribution in [2.45, 2.75) is 69.2 Å². The Morgan fingerprint density at radius 2 is 2.03 bits per heavy atom. The van der Waals surface area contributed by atoms with E-state index in [1.165, 1.54) is 6.42 Å². The van der Waals surface area contributed by atoms with Crippen LogP contribution in [-0.2, 0) is 16.6 Å².